The van der Waals surface area contributed by atoms with Crippen LogP contribution >= 0.6 is 0 Å². The monoisotopic (exact) mass is 189 g/mol. The van der Waals surface area contributed by atoms with Crippen molar-refractivity contribution in [1.29, 1.82) is 0 Å². The van der Waals surface area contributed by atoms with Crippen LogP contribution in [0.15, 0.2) is 0 Å². The van der Waals surface area contributed by atoms with Crippen molar-refractivity contribution in [2.24, 2.45) is 0 Å². The molecule has 0 saturated heterocycles. The van der Waals surface area contributed by atoms with Crippen molar-refractivity contribution in [3.8, 4) is 0 Å². The number of carboxylic acids is 1. The first-order chi connectivity index (χ1) is 6.11. The summed E-state index contributed by atoms with van der Waals surface area (Å²) in [6, 6.07) is 0.168. The number of nitrogens with zero attached hydrogens (tertiary/aromatic N) is 1. The van der Waals surface area contributed by atoms with Crippen molar-refractivity contribution >= 4 is 5.97 Å². The molecule has 78 valence electrons. The Morgan fingerprint density at radius 1 is 1.62 bits per heavy atom. The van der Waals surface area contributed by atoms with Crippen molar-refractivity contribution in [3.63, 3.8) is 0 Å². The lowest BCUT2D eigenvalue weighted by molar-refractivity contribution is -0.139. The van der Waals surface area contributed by atoms with Crippen LogP contribution in [0.1, 0.15) is 20.3 Å². The molecule has 0 heterocycles. The first-order valence-corrected chi connectivity index (χ1v) is 4.56. The highest BCUT2D eigenvalue weighted by atomic mass is 16.5. The van der Waals surface area contributed by atoms with Gasteiger partial charge in [0.25, 0.3) is 0 Å². The molecule has 0 aliphatic rings. The Labute approximate surface area is 79.5 Å². The van der Waals surface area contributed by atoms with Gasteiger partial charge in [-0.3, -0.25) is 9.69 Å². The molecule has 0 radical (unpaired) electrons. The summed E-state index contributed by atoms with van der Waals surface area (Å²) in [4.78, 5) is 12.4. The van der Waals surface area contributed by atoms with Gasteiger partial charge in [0.15, 0.2) is 0 Å². The second-order valence-corrected chi connectivity index (χ2v) is 3.17. The summed E-state index contributed by atoms with van der Waals surface area (Å²) in [5, 5.41) is 8.65. The van der Waals surface area contributed by atoms with Crippen molar-refractivity contribution in [2.45, 2.75) is 26.3 Å². The number of hydrogen-bond donors (Lipinski definition) is 1. The Hall–Kier alpha value is -0.610. The molecule has 0 aromatic carbocycles. The molecule has 13 heavy (non-hydrogen) atoms. The van der Waals surface area contributed by atoms with Crippen LogP contribution in [-0.4, -0.2) is 48.8 Å². The van der Waals surface area contributed by atoms with Crippen molar-refractivity contribution < 1.29 is 14.6 Å². The van der Waals surface area contributed by atoms with Crippen LogP contribution in [0, 0.1) is 0 Å². The third kappa shape index (κ3) is 5.60. The summed E-state index contributed by atoms with van der Waals surface area (Å²) in [5.41, 5.74) is 0. The zero-order chi connectivity index (χ0) is 10.3. The second kappa shape index (κ2) is 6.86. The minimum atomic E-state index is -0.781. The summed E-state index contributed by atoms with van der Waals surface area (Å²) in [6.45, 7) is 5.49. The molecule has 0 amide bonds. The highest BCUT2D eigenvalue weighted by Crippen LogP contribution is 2.00. The van der Waals surface area contributed by atoms with E-state index >= 15 is 0 Å². The van der Waals surface area contributed by atoms with Crippen LogP contribution in [0.2, 0.25) is 0 Å². The molecule has 0 aromatic heterocycles. The van der Waals surface area contributed by atoms with E-state index in [4.69, 9.17) is 9.84 Å². The van der Waals surface area contributed by atoms with Crippen molar-refractivity contribution in [1.82, 2.24) is 4.90 Å². The highest BCUT2D eigenvalue weighted by molar-refractivity contribution is 5.69. The molecule has 4 heteroatoms. The van der Waals surface area contributed by atoms with Gasteiger partial charge >= 0.3 is 5.97 Å². The van der Waals surface area contributed by atoms with E-state index in [1.165, 1.54) is 0 Å². The smallest absolute Gasteiger partial charge is 0.317 e. The first-order valence-electron chi connectivity index (χ1n) is 4.56. The fraction of sp³-hybridized carbons (Fsp3) is 0.889. The van der Waals surface area contributed by atoms with E-state index in [1.54, 1.807) is 7.11 Å². The van der Waals surface area contributed by atoms with Gasteiger partial charge in [-0.2, -0.15) is 0 Å². The zero-order valence-corrected chi connectivity index (χ0v) is 8.62. The van der Waals surface area contributed by atoms with Gasteiger partial charge < -0.3 is 9.84 Å². The minimum absolute atomic E-state index is 0.0956. The fourth-order valence-electron chi connectivity index (χ4n) is 1.26. The summed E-state index contributed by atoms with van der Waals surface area (Å²) >= 11 is 0. The Morgan fingerprint density at radius 2 is 2.23 bits per heavy atom. The number of carboxylic acid groups (broad SMARTS) is 1. The topological polar surface area (TPSA) is 49.8 Å². The molecule has 1 atom stereocenters. The highest BCUT2D eigenvalue weighted by Gasteiger charge is 2.15. The normalized spacial score (nSPS) is 13.2. The number of rotatable bonds is 7. The lowest BCUT2D eigenvalue weighted by Gasteiger charge is -2.26. The SMILES string of the molecule is CCCN(CC(=O)O)C(C)COC. The number of carbonyl (C=O) groups is 1. The summed E-state index contributed by atoms with van der Waals surface area (Å²) < 4.78 is 4.98. The average molecular weight is 189 g/mol. The van der Waals surface area contributed by atoms with E-state index in [0.29, 0.717) is 6.61 Å². The molecule has 0 rings (SSSR count). The zero-order valence-electron chi connectivity index (χ0n) is 8.62. The molecule has 0 aromatic rings. The Morgan fingerprint density at radius 3 is 2.62 bits per heavy atom. The van der Waals surface area contributed by atoms with Gasteiger partial charge in [0.05, 0.1) is 13.2 Å². The predicted molar refractivity (Wildman–Crippen MR) is 50.8 cm³/mol. The van der Waals surface area contributed by atoms with E-state index in [-0.39, 0.29) is 12.6 Å². The van der Waals surface area contributed by atoms with Crippen molar-refractivity contribution in [3.05, 3.63) is 0 Å². The number of methoxy groups -OCH3 is 1. The minimum Gasteiger partial charge on any atom is -0.480 e. The Bertz CT molecular complexity index is 150. The van der Waals surface area contributed by atoms with Gasteiger partial charge in [0.2, 0.25) is 0 Å². The van der Waals surface area contributed by atoms with Crippen LogP contribution in [0.4, 0.5) is 0 Å². The van der Waals surface area contributed by atoms with Crippen LogP contribution < -0.4 is 0 Å². The van der Waals surface area contributed by atoms with Crippen molar-refractivity contribution in [2.75, 3.05) is 26.8 Å². The summed E-state index contributed by atoms with van der Waals surface area (Å²) in [5.74, 6) is -0.781. The number of hydrogen-bond acceptors (Lipinski definition) is 3. The fourth-order valence-corrected chi connectivity index (χ4v) is 1.26. The molecular weight excluding hydrogens is 170 g/mol. The van der Waals surface area contributed by atoms with Gasteiger partial charge in [-0.25, -0.2) is 0 Å². The maximum absolute atomic E-state index is 10.5. The molecule has 0 aliphatic heterocycles. The van der Waals surface area contributed by atoms with Crippen LogP contribution in [0.5, 0.6) is 0 Å². The molecule has 1 unspecified atom stereocenters. The molecule has 0 spiro atoms. The Kier molecular flexibility index (Phi) is 6.54. The van der Waals surface area contributed by atoms with E-state index < -0.39 is 5.97 Å². The molecule has 0 fully saturated rings. The van der Waals surface area contributed by atoms with E-state index in [1.807, 2.05) is 18.7 Å². The van der Waals surface area contributed by atoms with Gasteiger partial charge in [-0.1, -0.05) is 6.92 Å². The second-order valence-electron chi connectivity index (χ2n) is 3.17. The Balaban J connectivity index is 3.97. The van der Waals surface area contributed by atoms with Gasteiger partial charge in [-0.05, 0) is 19.9 Å². The average Bonchev–Trinajstić information content (AvgIpc) is 2.03. The van der Waals surface area contributed by atoms with Gasteiger partial charge in [0, 0.05) is 13.2 Å². The molecular formula is C9H19NO3. The lowest BCUT2D eigenvalue weighted by atomic mass is 10.2. The van der Waals surface area contributed by atoms with E-state index in [0.717, 1.165) is 13.0 Å². The van der Waals surface area contributed by atoms with Crippen LogP contribution in [0.3, 0.4) is 0 Å². The molecule has 0 aliphatic carbocycles. The summed E-state index contributed by atoms with van der Waals surface area (Å²) in [6.07, 6.45) is 0.960. The number of aliphatic carboxylic acids is 1. The first kappa shape index (κ1) is 12.4. The maximum atomic E-state index is 10.5. The molecule has 4 nitrogen and oxygen atoms in total. The van der Waals surface area contributed by atoms with Crippen LogP contribution in [0.25, 0.3) is 0 Å². The molecule has 0 saturated carbocycles. The molecule has 1 N–H and O–H groups in total. The third-order valence-electron chi connectivity index (χ3n) is 1.88. The van der Waals surface area contributed by atoms with Gasteiger partial charge in [-0.15, -0.1) is 0 Å². The summed E-state index contributed by atoms with van der Waals surface area (Å²) in [7, 11) is 1.63. The predicted octanol–water partition coefficient (Wildman–Crippen LogP) is 0.818. The van der Waals surface area contributed by atoms with Gasteiger partial charge in [0.1, 0.15) is 0 Å². The maximum Gasteiger partial charge on any atom is 0.317 e. The number of ether oxygens (including phenoxy) is 1. The van der Waals surface area contributed by atoms with E-state index in [9.17, 15) is 4.79 Å². The quantitative estimate of drug-likeness (QED) is 0.644. The lowest BCUT2D eigenvalue weighted by Crippen LogP contribution is -2.40. The molecule has 0 bridgehead atoms. The van der Waals surface area contributed by atoms with Crippen LogP contribution in [-0.2, 0) is 9.53 Å². The third-order valence-corrected chi connectivity index (χ3v) is 1.88. The largest absolute Gasteiger partial charge is 0.480 e. The van der Waals surface area contributed by atoms with E-state index in [2.05, 4.69) is 0 Å². The standard InChI is InChI=1S/C9H19NO3/c1-4-5-10(6-9(11)12)8(2)7-13-3/h8H,4-7H2,1-3H3,(H,11,12).